The molecule has 74 valence electrons. The second-order valence-electron chi connectivity index (χ2n) is 3.23. The molecule has 2 nitrogen and oxygen atoms in total. The molecule has 1 heterocycles. The van der Waals surface area contributed by atoms with Crippen LogP contribution in [0, 0.1) is 0 Å². The molecule has 0 radical (unpaired) electrons. The van der Waals surface area contributed by atoms with E-state index in [-0.39, 0.29) is 18.4 Å². The second-order valence-corrected chi connectivity index (χ2v) is 3.23. The molecule has 14 heavy (non-hydrogen) atoms. The zero-order chi connectivity index (χ0) is 9.26. The lowest BCUT2D eigenvalue weighted by molar-refractivity contribution is 0.826. The Morgan fingerprint density at radius 2 is 2.07 bits per heavy atom. The number of halogens is 1. The van der Waals surface area contributed by atoms with E-state index in [4.69, 9.17) is 5.73 Å². The van der Waals surface area contributed by atoms with Gasteiger partial charge in [-0.3, -0.25) is 4.98 Å². The Hall–Kier alpha value is -1.12. The summed E-state index contributed by atoms with van der Waals surface area (Å²) < 4.78 is 0. The van der Waals surface area contributed by atoms with Crippen molar-refractivity contribution in [2.45, 2.75) is 13.0 Å². The van der Waals surface area contributed by atoms with Crippen molar-refractivity contribution in [3.8, 4) is 0 Å². The summed E-state index contributed by atoms with van der Waals surface area (Å²) >= 11 is 0. The minimum atomic E-state index is 0. The quantitative estimate of drug-likeness (QED) is 0.783. The first-order chi connectivity index (χ1) is 6.29. The molecule has 0 aliphatic carbocycles. The van der Waals surface area contributed by atoms with Crippen LogP contribution in [-0.4, -0.2) is 4.98 Å². The van der Waals surface area contributed by atoms with Crippen molar-refractivity contribution in [1.29, 1.82) is 0 Å². The van der Waals surface area contributed by atoms with E-state index in [1.165, 1.54) is 5.39 Å². The first-order valence-corrected chi connectivity index (χ1v) is 4.37. The third kappa shape index (κ3) is 1.86. The number of nitrogens with two attached hydrogens (primary N) is 1. The van der Waals surface area contributed by atoms with Crippen LogP contribution in [-0.2, 0) is 0 Å². The number of nitrogens with zero attached hydrogens (tertiary/aromatic N) is 1. The number of hydrogen-bond acceptors (Lipinski definition) is 2. The molecule has 0 aliphatic heterocycles. The fourth-order valence-corrected chi connectivity index (χ4v) is 1.53. The molecular weight excluding hydrogens is 196 g/mol. The van der Waals surface area contributed by atoms with Crippen molar-refractivity contribution in [1.82, 2.24) is 4.98 Å². The van der Waals surface area contributed by atoms with Gasteiger partial charge in [0.15, 0.2) is 0 Å². The Morgan fingerprint density at radius 1 is 1.29 bits per heavy atom. The van der Waals surface area contributed by atoms with Gasteiger partial charge in [-0.1, -0.05) is 18.2 Å². The third-order valence-electron chi connectivity index (χ3n) is 2.21. The summed E-state index contributed by atoms with van der Waals surface area (Å²) in [6, 6.07) is 8.22. The molecule has 2 N–H and O–H groups in total. The average molecular weight is 209 g/mol. The highest BCUT2D eigenvalue weighted by Gasteiger charge is 2.03. The highest BCUT2D eigenvalue weighted by Crippen LogP contribution is 2.21. The van der Waals surface area contributed by atoms with Gasteiger partial charge in [-0.25, -0.2) is 0 Å². The third-order valence-corrected chi connectivity index (χ3v) is 2.21. The van der Waals surface area contributed by atoms with Crippen molar-refractivity contribution in [2.75, 3.05) is 0 Å². The van der Waals surface area contributed by atoms with Crippen molar-refractivity contribution in [3.05, 3.63) is 42.2 Å². The predicted octanol–water partition coefficient (Wildman–Crippen LogP) is 2.68. The van der Waals surface area contributed by atoms with Gasteiger partial charge < -0.3 is 5.73 Å². The summed E-state index contributed by atoms with van der Waals surface area (Å²) in [5.74, 6) is 0. The van der Waals surface area contributed by atoms with Gasteiger partial charge in [0, 0.05) is 23.8 Å². The predicted molar refractivity (Wildman–Crippen MR) is 61.6 cm³/mol. The molecule has 0 saturated heterocycles. The fourth-order valence-electron chi connectivity index (χ4n) is 1.53. The zero-order valence-corrected chi connectivity index (χ0v) is 8.79. The summed E-state index contributed by atoms with van der Waals surface area (Å²) in [6.45, 7) is 1.99. The molecule has 0 fully saturated rings. The van der Waals surface area contributed by atoms with Crippen LogP contribution >= 0.6 is 12.4 Å². The van der Waals surface area contributed by atoms with Gasteiger partial charge in [0.1, 0.15) is 0 Å². The summed E-state index contributed by atoms with van der Waals surface area (Å²) in [5, 5.41) is 2.35. The molecule has 3 heteroatoms. The molecular formula is C11H13ClN2. The van der Waals surface area contributed by atoms with Crippen molar-refractivity contribution in [3.63, 3.8) is 0 Å². The van der Waals surface area contributed by atoms with Gasteiger partial charge in [0.25, 0.3) is 0 Å². The number of aromatic nitrogens is 1. The molecule has 1 aromatic carbocycles. The molecule has 0 bridgehead atoms. The van der Waals surface area contributed by atoms with Crippen LogP contribution in [0.1, 0.15) is 18.5 Å². The van der Waals surface area contributed by atoms with Crippen LogP contribution in [0.5, 0.6) is 0 Å². The Labute approximate surface area is 89.6 Å². The SMILES string of the molecule is CC(N)c1cccc2ccncc12.Cl. The summed E-state index contributed by atoms with van der Waals surface area (Å²) in [6.07, 6.45) is 3.67. The number of hydrogen-bond donors (Lipinski definition) is 1. The van der Waals surface area contributed by atoms with Crippen LogP contribution < -0.4 is 5.73 Å². The van der Waals surface area contributed by atoms with E-state index in [1.54, 1.807) is 6.20 Å². The van der Waals surface area contributed by atoms with Crippen LogP contribution in [0.25, 0.3) is 10.8 Å². The Bertz CT molecular complexity index is 421. The van der Waals surface area contributed by atoms with Gasteiger partial charge in [0.2, 0.25) is 0 Å². The van der Waals surface area contributed by atoms with Gasteiger partial charge in [0.05, 0.1) is 0 Å². The maximum atomic E-state index is 5.85. The lowest BCUT2D eigenvalue weighted by atomic mass is 10.0. The van der Waals surface area contributed by atoms with Gasteiger partial charge in [-0.2, -0.15) is 0 Å². The average Bonchev–Trinajstić information content (AvgIpc) is 2.17. The number of rotatable bonds is 1. The highest BCUT2D eigenvalue weighted by molar-refractivity contribution is 5.85. The fraction of sp³-hybridized carbons (Fsp3) is 0.182. The molecule has 0 aliphatic rings. The minimum absolute atomic E-state index is 0. The summed E-state index contributed by atoms with van der Waals surface area (Å²) in [7, 11) is 0. The number of pyridine rings is 1. The van der Waals surface area contributed by atoms with Crippen LogP contribution in [0.15, 0.2) is 36.7 Å². The van der Waals surface area contributed by atoms with Crippen molar-refractivity contribution < 1.29 is 0 Å². The van der Waals surface area contributed by atoms with Crippen molar-refractivity contribution >= 4 is 23.2 Å². The second kappa shape index (κ2) is 4.40. The normalized spacial score (nSPS) is 12.1. The molecule has 1 aromatic heterocycles. The van der Waals surface area contributed by atoms with E-state index >= 15 is 0 Å². The Kier molecular flexibility index (Phi) is 3.44. The van der Waals surface area contributed by atoms with Gasteiger partial charge in [-0.15, -0.1) is 12.4 Å². The van der Waals surface area contributed by atoms with E-state index in [1.807, 2.05) is 25.3 Å². The van der Waals surface area contributed by atoms with Crippen LogP contribution in [0.4, 0.5) is 0 Å². The van der Waals surface area contributed by atoms with Crippen LogP contribution in [0.2, 0.25) is 0 Å². The number of fused-ring (bicyclic) bond motifs is 1. The topological polar surface area (TPSA) is 38.9 Å². The molecule has 0 saturated carbocycles. The van der Waals surface area contributed by atoms with E-state index in [0.717, 1.165) is 10.9 Å². The molecule has 1 unspecified atom stereocenters. The molecule has 2 rings (SSSR count). The van der Waals surface area contributed by atoms with E-state index < -0.39 is 0 Å². The standard InChI is InChI=1S/C11H12N2.ClH/c1-8(12)10-4-2-3-9-5-6-13-7-11(9)10;/h2-8H,12H2,1H3;1H. The van der Waals surface area contributed by atoms with E-state index in [0.29, 0.717) is 0 Å². The molecule has 0 spiro atoms. The lowest BCUT2D eigenvalue weighted by Crippen LogP contribution is -2.05. The molecule has 2 aromatic rings. The maximum Gasteiger partial charge on any atom is 0.0349 e. The van der Waals surface area contributed by atoms with Crippen molar-refractivity contribution in [2.24, 2.45) is 5.73 Å². The Balaban J connectivity index is 0.000000980. The molecule has 1 atom stereocenters. The van der Waals surface area contributed by atoms with Gasteiger partial charge >= 0.3 is 0 Å². The smallest absolute Gasteiger partial charge is 0.0349 e. The summed E-state index contributed by atoms with van der Waals surface area (Å²) in [4.78, 5) is 4.10. The maximum absolute atomic E-state index is 5.85. The largest absolute Gasteiger partial charge is 0.324 e. The molecule has 0 amide bonds. The van der Waals surface area contributed by atoms with E-state index in [9.17, 15) is 0 Å². The van der Waals surface area contributed by atoms with Gasteiger partial charge in [-0.05, 0) is 23.9 Å². The first kappa shape index (κ1) is 11.0. The zero-order valence-electron chi connectivity index (χ0n) is 7.97. The Morgan fingerprint density at radius 3 is 2.79 bits per heavy atom. The lowest BCUT2D eigenvalue weighted by Gasteiger charge is -2.08. The first-order valence-electron chi connectivity index (χ1n) is 4.37. The number of benzene rings is 1. The summed E-state index contributed by atoms with van der Waals surface area (Å²) in [5.41, 5.74) is 7.01. The van der Waals surface area contributed by atoms with Crippen LogP contribution in [0.3, 0.4) is 0 Å². The monoisotopic (exact) mass is 208 g/mol. The minimum Gasteiger partial charge on any atom is -0.324 e. The highest BCUT2D eigenvalue weighted by atomic mass is 35.5. The van der Waals surface area contributed by atoms with E-state index in [2.05, 4.69) is 17.1 Å².